The lowest BCUT2D eigenvalue weighted by Gasteiger charge is -2.12. The molecule has 0 amide bonds. The van der Waals surface area contributed by atoms with E-state index in [0.717, 1.165) is 31.6 Å². The molecule has 2 rings (SSSR count). The molecule has 0 saturated carbocycles. The minimum Gasteiger partial charge on any atom is -0.377 e. The van der Waals surface area contributed by atoms with E-state index in [2.05, 4.69) is 5.32 Å². The molecular weight excluding hydrogens is 262 g/mol. The van der Waals surface area contributed by atoms with Crippen molar-refractivity contribution in [1.29, 1.82) is 0 Å². The molecule has 0 aliphatic carbocycles. The van der Waals surface area contributed by atoms with Crippen LogP contribution < -0.4 is 5.32 Å². The molecule has 19 heavy (non-hydrogen) atoms. The van der Waals surface area contributed by atoms with Gasteiger partial charge in [-0.25, -0.2) is 4.39 Å². The van der Waals surface area contributed by atoms with Crippen molar-refractivity contribution >= 4 is 0 Å². The Kier molecular flexibility index (Phi) is 4.42. The Morgan fingerprint density at radius 3 is 2.74 bits per heavy atom. The summed E-state index contributed by atoms with van der Waals surface area (Å²) in [5.41, 5.74) is -0.810. The van der Waals surface area contributed by atoms with Crippen LogP contribution in [0.25, 0.3) is 0 Å². The van der Waals surface area contributed by atoms with Crippen molar-refractivity contribution in [3.63, 3.8) is 0 Å². The topological polar surface area (TPSA) is 21.3 Å². The average Bonchev–Trinajstić information content (AvgIpc) is 2.83. The highest BCUT2D eigenvalue weighted by Crippen LogP contribution is 2.31. The van der Waals surface area contributed by atoms with Gasteiger partial charge in [0.15, 0.2) is 0 Å². The van der Waals surface area contributed by atoms with Crippen molar-refractivity contribution in [2.45, 2.75) is 31.7 Å². The number of nitrogens with one attached hydrogen (secondary N) is 1. The smallest absolute Gasteiger partial charge is 0.377 e. The maximum Gasteiger partial charge on any atom is 0.419 e. The highest BCUT2D eigenvalue weighted by molar-refractivity contribution is 5.27. The van der Waals surface area contributed by atoms with E-state index in [4.69, 9.17) is 4.74 Å². The Hall–Kier alpha value is -1.14. The first kappa shape index (κ1) is 14.3. The van der Waals surface area contributed by atoms with Gasteiger partial charge in [0, 0.05) is 19.7 Å². The van der Waals surface area contributed by atoms with Gasteiger partial charge in [-0.3, -0.25) is 0 Å². The second-order valence-electron chi connectivity index (χ2n) is 4.58. The SMILES string of the molecule is Fc1ccc(CNCC2CCCO2)cc1C(F)(F)F. The van der Waals surface area contributed by atoms with Gasteiger partial charge < -0.3 is 10.1 Å². The summed E-state index contributed by atoms with van der Waals surface area (Å²) in [6, 6.07) is 3.05. The first-order valence-electron chi connectivity index (χ1n) is 6.15. The van der Waals surface area contributed by atoms with E-state index in [1.54, 1.807) is 0 Å². The van der Waals surface area contributed by atoms with Crippen LogP contribution >= 0.6 is 0 Å². The summed E-state index contributed by atoms with van der Waals surface area (Å²) >= 11 is 0. The molecule has 0 spiro atoms. The van der Waals surface area contributed by atoms with Crippen molar-refractivity contribution in [1.82, 2.24) is 5.32 Å². The van der Waals surface area contributed by atoms with Crippen molar-refractivity contribution in [2.75, 3.05) is 13.2 Å². The van der Waals surface area contributed by atoms with E-state index >= 15 is 0 Å². The lowest BCUT2D eigenvalue weighted by atomic mass is 10.1. The number of hydrogen-bond acceptors (Lipinski definition) is 2. The zero-order valence-corrected chi connectivity index (χ0v) is 10.3. The molecule has 0 aromatic heterocycles. The predicted molar refractivity (Wildman–Crippen MR) is 62.1 cm³/mol. The molecule has 1 aromatic carbocycles. The Bertz CT molecular complexity index is 427. The van der Waals surface area contributed by atoms with Crippen LogP contribution in [0.3, 0.4) is 0 Å². The molecule has 0 bridgehead atoms. The van der Waals surface area contributed by atoms with Crippen LogP contribution in [0.4, 0.5) is 17.6 Å². The summed E-state index contributed by atoms with van der Waals surface area (Å²) in [7, 11) is 0. The van der Waals surface area contributed by atoms with Crippen molar-refractivity contribution < 1.29 is 22.3 Å². The lowest BCUT2D eigenvalue weighted by molar-refractivity contribution is -0.140. The second kappa shape index (κ2) is 5.88. The van der Waals surface area contributed by atoms with Crippen LogP contribution in [0.5, 0.6) is 0 Å². The highest BCUT2D eigenvalue weighted by atomic mass is 19.4. The molecule has 6 heteroatoms. The number of ether oxygens (including phenoxy) is 1. The van der Waals surface area contributed by atoms with Crippen molar-refractivity contribution in [2.24, 2.45) is 0 Å². The van der Waals surface area contributed by atoms with Crippen LogP contribution in [0.2, 0.25) is 0 Å². The number of hydrogen-bond donors (Lipinski definition) is 1. The van der Waals surface area contributed by atoms with Crippen LogP contribution in [-0.4, -0.2) is 19.3 Å². The second-order valence-corrected chi connectivity index (χ2v) is 4.58. The fourth-order valence-electron chi connectivity index (χ4n) is 2.08. The third kappa shape index (κ3) is 3.91. The molecule has 1 N–H and O–H groups in total. The van der Waals surface area contributed by atoms with Gasteiger partial charge in [-0.05, 0) is 30.5 Å². The molecule has 1 heterocycles. The van der Waals surface area contributed by atoms with Gasteiger partial charge in [-0.1, -0.05) is 6.07 Å². The zero-order valence-electron chi connectivity index (χ0n) is 10.3. The van der Waals surface area contributed by atoms with E-state index in [1.165, 1.54) is 6.07 Å². The van der Waals surface area contributed by atoms with Gasteiger partial charge in [0.25, 0.3) is 0 Å². The maximum absolute atomic E-state index is 13.1. The standard InChI is InChI=1S/C13H15F4NO/c14-12-4-3-9(6-11(12)13(15,16)17)7-18-8-10-2-1-5-19-10/h3-4,6,10,18H,1-2,5,7-8H2. The molecule has 1 unspecified atom stereocenters. The summed E-state index contributed by atoms with van der Waals surface area (Å²) in [6.45, 7) is 1.60. The molecule has 106 valence electrons. The Morgan fingerprint density at radius 1 is 1.32 bits per heavy atom. The van der Waals surface area contributed by atoms with E-state index in [-0.39, 0.29) is 12.6 Å². The minimum absolute atomic E-state index is 0.127. The number of benzene rings is 1. The van der Waals surface area contributed by atoms with E-state index in [1.807, 2.05) is 0 Å². The van der Waals surface area contributed by atoms with Gasteiger partial charge in [-0.15, -0.1) is 0 Å². The van der Waals surface area contributed by atoms with Crippen LogP contribution in [-0.2, 0) is 17.5 Å². The number of alkyl halides is 3. The van der Waals surface area contributed by atoms with E-state index in [9.17, 15) is 17.6 Å². The summed E-state index contributed by atoms with van der Waals surface area (Å²) in [4.78, 5) is 0. The molecule has 1 fully saturated rings. The Balaban J connectivity index is 1.93. The summed E-state index contributed by atoms with van der Waals surface area (Å²) in [6.07, 6.45) is -2.55. The van der Waals surface area contributed by atoms with Gasteiger partial charge in [-0.2, -0.15) is 13.2 Å². The van der Waals surface area contributed by atoms with Crippen LogP contribution in [0, 0.1) is 5.82 Å². The third-order valence-electron chi connectivity index (χ3n) is 3.06. The molecule has 1 saturated heterocycles. The quantitative estimate of drug-likeness (QED) is 0.854. The van der Waals surface area contributed by atoms with Crippen LogP contribution in [0.15, 0.2) is 18.2 Å². The van der Waals surface area contributed by atoms with E-state index in [0.29, 0.717) is 12.1 Å². The predicted octanol–water partition coefficient (Wildman–Crippen LogP) is 3.11. The van der Waals surface area contributed by atoms with Gasteiger partial charge in [0.05, 0.1) is 11.7 Å². The molecule has 0 radical (unpaired) electrons. The normalized spacial score (nSPS) is 19.9. The fourth-order valence-corrected chi connectivity index (χ4v) is 2.08. The molecule has 1 aromatic rings. The Morgan fingerprint density at radius 2 is 2.11 bits per heavy atom. The van der Waals surface area contributed by atoms with Gasteiger partial charge >= 0.3 is 6.18 Å². The monoisotopic (exact) mass is 277 g/mol. The lowest BCUT2D eigenvalue weighted by Crippen LogP contribution is -2.26. The van der Waals surface area contributed by atoms with Gasteiger partial charge in [0.1, 0.15) is 5.82 Å². The Labute approximate surface area is 108 Å². The van der Waals surface area contributed by atoms with Crippen LogP contribution in [0.1, 0.15) is 24.0 Å². The molecule has 1 aliphatic heterocycles. The third-order valence-corrected chi connectivity index (χ3v) is 3.06. The fraction of sp³-hybridized carbons (Fsp3) is 0.538. The zero-order chi connectivity index (χ0) is 13.9. The summed E-state index contributed by atoms with van der Waals surface area (Å²) < 4.78 is 56.0. The summed E-state index contributed by atoms with van der Waals surface area (Å²) in [5.74, 6) is -1.24. The molecule has 2 nitrogen and oxygen atoms in total. The van der Waals surface area contributed by atoms with E-state index < -0.39 is 17.6 Å². The maximum atomic E-state index is 13.1. The molecular formula is C13H15F4NO. The highest BCUT2D eigenvalue weighted by Gasteiger charge is 2.34. The molecule has 1 atom stereocenters. The number of halogens is 4. The largest absolute Gasteiger partial charge is 0.419 e. The van der Waals surface area contributed by atoms with Crippen molar-refractivity contribution in [3.05, 3.63) is 35.1 Å². The minimum atomic E-state index is -4.66. The average molecular weight is 277 g/mol. The summed E-state index contributed by atoms with van der Waals surface area (Å²) in [5, 5.41) is 3.03. The first-order valence-corrected chi connectivity index (χ1v) is 6.15. The van der Waals surface area contributed by atoms with Gasteiger partial charge in [0.2, 0.25) is 0 Å². The first-order chi connectivity index (χ1) is 8.97. The van der Waals surface area contributed by atoms with Crippen molar-refractivity contribution in [3.8, 4) is 0 Å². The number of rotatable bonds is 4. The molecule has 1 aliphatic rings.